The second kappa shape index (κ2) is 9.86. The number of aromatic nitrogens is 3. The minimum atomic E-state index is -4.64. The van der Waals surface area contributed by atoms with Gasteiger partial charge < -0.3 is 15.5 Å². The van der Waals surface area contributed by atoms with Crippen LogP contribution in [0.2, 0.25) is 0 Å². The van der Waals surface area contributed by atoms with Crippen molar-refractivity contribution in [2.75, 3.05) is 11.9 Å². The van der Waals surface area contributed by atoms with E-state index in [1.165, 1.54) is 13.0 Å². The Bertz CT molecular complexity index is 1110. The maximum atomic E-state index is 13.5. The molecule has 1 aromatic heterocycles. The monoisotopic (exact) mass is 481 g/mol. The Morgan fingerprint density at radius 3 is 2.71 bits per heavy atom. The van der Waals surface area contributed by atoms with Crippen molar-refractivity contribution in [1.82, 2.24) is 25.6 Å². The molecule has 0 bridgehead atoms. The van der Waals surface area contributed by atoms with Crippen LogP contribution in [-0.2, 0) is 14.4 Å². The number of likely N-dealkylation sites (tertiary alicyclic amines) is 1. The number of nitriles is 1. The van der Waals surface area contributed by atoms with E-state index in [0.717, 1.165) is 23.2 Å². The van der Waals surface area contributed by atoms with Crippen LogP contribution in [0, 0.1) is 23.1 Å². The van der Waals surface area contributed by atoms with Gasteiger partial charge >= 0.3 is 18.0 Å². The summed E-state index contributed by atoms with van der Waals surface area (Å²) in [5, 5.41) is 22.5. The van der Waals surface area contributed by atoms with E-state index >= 15 is 0 Å². The predicted octanol–water partition coefficient (Wildman–Crippen LogP) is 1.80. The number of anilines is 1. The topological polar surface area (TPSA) is 144 Å². The van der Waals surface area contributed by atoms with E-state index in [1.54, 1.807) is 6.07 Å². The Balaban J connectivity index is 1.65. The van der Waals surface area contributed by atoms with Crippen molar-refractivity contribution in [3.05, 3.63) is 41.5 Å². The van der Waals surface area contributed by atoms with Gasteiger partial charge in [0.25, 0.3) is 0 Å². The van der Waals surface area contributed by atoms with Gasteiger partial charge in [0.1, 0.15) is 17.6 Å². The minimum absolute atomic E-state index is 0.0201. The van der Waals surface area contributed by atoms with Crippen LogP contribution < -0.4 is 10.6 Å². The Kier molecular flexibility index (Phi) is 7.14. The number of hydrogen-bond acceptors (Lipinski definition) is 6. The Morgan fingerprint density at radius 1 is 1.35 bits per heavy atom. The lowest BCUT2D eigenvalue weighted by Crippen LogP contribution is -2.47. The molecular formula is C20H19F4N7O3. The van der Waals surface area contributed by atoms with E-state index in [9.17, 15) is 31.9 Å². The van der Waals surface area contributed by atoms with E-state index < -0.39 is 54.1 Å². The molecule has 0 spiro atoms. The summed E-state index contributed by atoms with van der Waals surface area (Å²) in [5.41, 5.74) is -0.271. The fourth-order valence-corrected chi connectivity index (χ4v) is 3.69. The van der Waals surface area contributed by atoms with Crippen LogP contribution in [0.5, 0.6) is 0 Å². The molecule has 3 N–H and O–H groups in total. The number of benzene rings is 1. The average molecular weight is 481 g/mol. The van der Waals surface area contributed by atoms with E-state index in [0.29, 0.717) is 0 Å². The highest BCUT2D eigenvalue weighted by Crippen LogP contribution is 2.29. The molecule has 2 heterocycles. The molecule has 1 aliphatic rings. The number of aromatic amines is 1. The number of hydrogen-bond donors (Lipinski definition) is 3. The number of H-pyrrole nitrogens is 1. The van der Waals surface area contributed by atoms with Crippen molar-refractivity contribution >= 4 is 23.4 Å². The summed E-state index contributed by atoms with van der Waals surface area (Å²) in [6, 6.07) is 2.74. The quantitative estimate of drug-likeness (QED) is 0.439. The van der Waals surface area contributed by atoms with E-state index in [1.807, 2.05) is 5.32 Å². The molecule has 1 aliphatic heterocycles. The SMILES string of the molecule is C[C@H]1[C@@H](C(=O)Nc2ccc(F)c(C#N)c2)CCN1C(=O)C(=O)NC(CC(F)(F)F)c1c[nH]nn1. The summed E-state index contributed by atoms with van der Waals surface area (Å²) in [6.07, 6.45) is -4.84. The third-order valence-electron chi connectivity index (χ3n) is 5.43. The molecule has 1 aromatic carbocycles. The molecule has 0 saturated carbocycles. The number of nitrogens with zero attached hydrogens (tertiary/aromatic N) is 4. The van der Waals surface area contributed by atoms with Gasteiger partial charge in [0.2, 0.25) is 5.91 Å². The predicted molar refractivity (Wildman–Crippen MR) is 107 cm³/mol. The molecule has 1 unspecified atom stereocenters. The van der Waals surface area contributed by atoms with Crippen LogP contribution >= 0.6 is 0 Å². The van der Waals surface area contributed by atoms with Gasteiger partial charge in [-0.15, -0.1) is 5.10 Å². The van der Waals surface area contributed by atoms with Gasteiger partial charge in [0.15, 0.2) is 0 Å². The molecule has 34 heavy (non-hydrogen) atoms. The highest BCUT2D eigenvalue weighted by molar-refractivity contribution is 6.35. The van der Waals surface area contributed by atoms with Crippen LogP contribution in [0.25, 0.3) is 0 Å². The smallest absolute Gasteiger partial charge is 0.339 e. The number of carbonyl (C=O) groups excluding carboxylic acids is 3. The van der Waals surface area contributed by atoms with E-state index in [-0.39, 0.29) is 29.9 Å². The molecular weight excluding hydrogens is 462 g/mol. The second-order valence-electron chi connectivity index (χ2n) is 7.67. The summed E-state index contributed by atoms with van der Waals surface area (Å²) in [4.78, 5) is 38.9. The third-order valence-corrected chi connectivity index (χ3v) is 5.43. The maximum absolute atomic E-state index is 13.5. The van der Waals surface area contributed by atoms with Crippen molar-refractivity contribution in [2.45, 2.75) is 38.0 Å². The van der Waals surface area contributed by atoms with Crippen molar-refractivity contribution in [2.24, 2.45) is 5.92 Å². The third kappa shape index (κ3) is 5.66. The number of alkyl halides is 3. The van der Waals surface area contributed by atoms with Crippen LogP contribution in [0.1, 0.15) is 37.1 Å². The van der Waals surface area contributed by atoms with Gasteiger partial charge in [-0.1, -0.05) is 5.21 Å². The minimum Gasteiger partial charge on any atom is -0.339 e. The van der Waals surface area contributed by atoms with Gasteiger partial charge in [-0.25, -0.2) is 4.39 Å². The zero-order valence-corrected chi connectivity index (χ0v) is 17.7. The lowest BCUT2D eigenvalue weighted by Gasteiger charge is -2.25. The number of carbonyl (C=O) groups is 3. The molecule has 0 aliphatic carbocycles. The first-order valence-electron chi connectivity index (χ1n) is 10.0. The van der Waals surface area contributed by atoms with Gasteiger partial charge in [-0.2, -0.15) is 18.4 Å². The van der Waals surface area contributed by atoms with Crippen LogP contribution in [-0.4, -0.2) is 56.8 Å². The first-order valence-corrected chi connectivity index (χ1v) is 10.0. The first kappa shape index (κ1) is 24.6. The molecule has 3 rings (SSSR count). The highest BCUT2D eigenvalue weighted by Gasteiger charge is 2.41. The van der Waals surface area contributed by atoms with Crippen molar-refractivity contribution in [3.8, 4) is 6.07 Å². The Hall–Kier alpha value is -4.02. The molecule has 3 atom stereocenters. The fraction of sp³-hybridized carbons (Fsp3) is 0.400. The van der Waals surface area contributed by atoms with E-state index in [2.05, 4.69) is 20.7 Å². The number of rotatable bonds is 5. The number of amides is 3. The standard InChI is InChI=1S/C20H19F4N7O3/c1-10-13(17(32)27-12-2-3-14(21)11(6-12)8-25)4-5-31(10)19(34)18(33)28-15(7-20(22,23)24)16-9-26-30-29-16/h2-3,6,9-10,13,15H,4-5,7H2,1H3,(H,27,32)(H,28,33)(H,26,29,30)/t10-,13-,15?/m0/s1. The van der Waals surface area contributed by atoms with Gasteiger partial charge in [-0.05, 0) is 31.5 Å². The molecule has 3 amide bonds. The number of halogens is 4. The molecule has 0 radical (unpaired) electrons. The molecule has 14 heteroatoms. The van der Waals surface area contributed by atoms with E-state index in [4.69, 9.17) is 5.26 Å². The average Bonchev–Trinajstić information content (AvgIpc) is 3.43. The lowest BCUT2D eigenvalue weighted by atomic mass is 10.0. The summed E-state index contributed by atoms with van der Waals surface area (Å²) in [5.74, 6) is -4.37. The van der Waals surface area contributed by atoms with Gasteiger partial charge in [0, 0.05) is 24.5 Å². The van der Waals surface area contributed by atoms with Crippen molar-refractivity contribution in [1.29, 1.82) is 5.26 Å². The summed E-state index contributed by atoms with van der Waals surface area (Å²) in [7, 11) is 0. The normalized spacial score (nSPS) is 18.8. The van der Waals surface area contributed by atoms with Gasteiger partial charge in [-0.3, -0.25) is 19.5 Å². The van der Waals surface area contributed by atoms with Crippen LogP contribution in [0.4, 0.5) is 23.2 Å². The molecule has 10 nitrogen and oxygen atoms in total. The highest BCUT2D eigenvalue weighted by atomic mass is 19.4. The zero-order chi connectivity index (χ0) is 25.0. The molecule has 1 saturated heterocycles. The molecule has 180 valence electrons. The summed E-state index contributed by atoms with van der Waals surface area (Å²) in [6.45, 7) is 1.55. The largest absolute Gasteiger partial charge is 0.391 e. The summed E-state index contributed by atoms with van der Waals surface area (Å²) < 4.78 is 52.2. The first-order chi connectivity index (χ1) is 16.0. The lowest BCUT2D eigenvalue weighted by molar-refractivity contribution is -0.151. The second-order valence-corrected chi connectivity index (χ2v) is 7.67. The Morgan fingerprint density at radius 2 is 2.09 bits per heavy atom. The molecule has 1 fully saturated rings. The van der Waals surface area contributed by atoms with Crippen molar-refractivity contribution < 1.29 is 31.9 Å². The maximum Gasteiger partial charge on any atom is 0.391 e. The molecule has 2 aromatic rings. The van der Waals surface area contributed by atoms with Crippen molar-refractivity contribution in [3.63, 3.8) is 0 Å². The van der Waals surface area contributed by atoms with Crippen LogP contribution in [0.3, 0.4) is 0 Å². The zero-order valence-electron chi connectivity index (χ0n) is 17.7. The number of nitrogens with one attached hydrogen (secondary N) is 3. The summed E-state index contributed by atoms with van der Waals surface area (Å²) >= 11 is 0. The fourth-order valence-electron chi connectivity index (χ4n) is 3.69. The van der Waals surface area contributed by atoms with Gasteiger partial charge in [0.05, 0.1) is 23.9 Å². The van der Waals surface area contributed by atoms with Crippen LogP contribution in [0.15, 0.2) is 24.4 Å². The Labute approximate surface area is 190 Å².